The minimum absolute atomic E-state index is 0.166. The summed E-state index contributed by atoms with van der Waals surface area (Å²) >= 11 is 5.70. The highest BCUT2D eigenvalue weighted by atomic mass is 35.5. The van der Waals surface area contributed by atoms with Crippen LogP contribution in [0.1, 0.15) is 16.1 Å². The van der Waals surface area contributed by atoms with Gasteiger partial charge in [-0.15, -0.1) is 0 Å². The molecule has 0 aliphatic carbocycles. The summed E-state index contributed by atoms with van der Waals surface area (Å²) in [6, 6.07) is 8.68. The average Bonchev–Trinajstić information content (AvgIpc) is 2.46. The molecule has 2 rings (SSSR count). The number of anilines is 1. The number of hydrogen-bond acceptors (Lipinski definition) is 4. The number of amides is 1. The molecule has 1 aromatic carbocycles. The molecular formula is C13H9ClN4O. The van der Waals surface area contributed by atoms with E-state index in [4.69, 9.17) is 16.9 Å². The third kappa shape index (κ3) is 2.87. The van der Waals surface area contributed by atoms with E-state index in [0.29, 0.717) is 11.3 Å². The predicted molar refractivity (Wildman–Crippen MR) is 70.9 cm³/mol. The zero-order valence-corrected chi connectivity index (χ0v) is 10.8. The Bertz CT molecular complexity index is 648. The van der Waals surface area contributed by atoms with E-state index in [2.05, 4.69) is 9.97 Å². The number of aromatic nitrogens is 2. The van der Waals surface area contributed by atoms with Gasteiger partial charge in [-0.05, 0) is 24.3 Å². The van der Waals surface area contributed by atoms with E-state index in [1.807, 2.05) is 6.07 Å². The fourth-order valence-electron chi connectivity index (χ4n) is 1.49. The second-order valence-electron chi connectivity index (χ2n) is 3.75. The molecule has 0 atom stereocenters. The molecule has 19 heavy (non-hydrogen) atoms. The molecule has 6 heteroatoms. The van der Waals surface area contributed by atoms with Crippen molar-refractivity contribution < 1.29 is 4.79 Å². The van der Waals surface area contributed by atoms with Crippen molar-refractivity contribution in [3.63, 3.8) is 0 Å². The van der Waals surface area contributed by atoms with Gasteiger partial charge in [-0.25, -0.2) is 4.98 Å². The number of hydrogen-bond donors (Lipinski definition) is 0. The molecule has 0 N–H and O–H groups in total. The standard InChI is InChI=1S/C13H9ClN4O/c1-18(10-4-2-9(6-15)3-5-10)13(19)11-7-16-8-12(14)17-11/h2-5,7-8H,1H3. The number of nitriles is 1. The Morgan fingerprint density at radius 2 is 2.00 bits per heavy atom. The molecule has 0 aliphatic rings. The molecule has 0 saturated heterocycles. The number of carbonyl (C=O) groups excluding carboxylic acids is 1. The number of halogens is 1. The molecule has 2 aromatic rings. The number of benzene rings is 1. The van der Waals surface area contributed by atoms with E-state index in [9.17, 15) is 4.79 Å². The molecule has 5 nitrogen and oxygen atoms in total. The molecule has 1 heterocycles. The third-order valence-corrected chi connectivity index (χ3v) is 2.69. The van der Waals surface area contributed by atoms with Gasteiger partial charge in [0.05, 0.1) is 24.0 Å². The van der Waals surface area contributed by atoms with Crippen LogP contribution in [0.15, 0.2) is 36.7 Å². The smallest absolute Gasteiger partial charge is 0.278 e. The molecule has 0 aliphatic heterocycles. The van der Waals surface area contributed by atoms with Gasteiger partial charge in [0.1, 0.15) is 10.8 Å². The maximum atomic E-state index is 12.2. The van der Waals surface area contributed by atoms with Gasteiger partial charge in [0.15, 0.2) is 0 Å². The van der Waals surface area contributed by atoms with E-state index in [1.165, 1.54) is 17.3 Å². The topological polar surface area (TPSA) is 69.9 Å². The molecule has 94 valence electrons. The van der Waals surface area contributed by atoms with E-state index < -0.39 is 0 Å². The van der Waals surface area contributed by atoms with Crippen LogP contribution < -0.4 is 4.90 Å². The van der Waals surface area contributed by atoms with Gasteiger partial charge in [-0.2, -0.15) is 5.26 Å². The van der Waals surface area contributed by atoms with Gasteiger partial charge in [0.25, 0.3) is 5.91 Å². The molecule has 1 amide bonds. The van der Waals surface area contributed by atoms with Crippen LogP contribution in [-0.2, 0) is 0 Å². The monoisotopic (exact) mass is 272 g/mol. The van der Waals surface area contributed by atoms with Crippen LogP contribution in [0.2, 0.25) is 5.15 Å². The second-order valence-corrected chi connectivity index (χ2v) is 4.14. The van der Waals surface area contributed by atoms with Crippen molar-refractivity contribution in [2.24, 2.45) is 0 Å². The van der Waals surface area contributed by atoms with E-state index in [0.717, 1.165) is 0 Å². The number of nitrogens with zero attached hydrogens (tertiary/aromatic N) is 4. The largest absolute Gasteiger partial charge is 0.310 e. The average molecular weight is 273 g/mol. The summed E-state index contributed by atoms with van der Waals surface area (Å²) in [6.45, 7) is 0. The highest BCUT2D eigenvalue weighted by Crippen LogP contribution is 2.16. The first-order chi connectivity index (χ1) is 9.11. The number of carbonyl (C=O) groups is 1. The van der Waals surface area contributed by atoms with Crippen molar-refractivity contribution in [3.8, 4) is 6.07 Å². The zero-order chi connectivity index (χ0) is 13.8. The zero-order valence-electron chi connectivity index (χ0n) is 10.0. The lowest BCUT2D eigenvalue weighted by Crippen LogP contribution is -2.27. The maximum Gasteiger partial charge on any atom is 0.278 e. The van der Waals surface area contributed by atoms with Crippen molar-refractivity contribution in [1.29, 1.82) is 5.26 Å². The summed E-state index contributed by atoms with van der Waals surface area (Å²) in [5.74, 6) is -0.320. The van der Waals surface area contributed by atoms with Crippen LogP contribution in [0.5, 0.6) is 0 Å². The van der Waals surface area contributed by atoms with Crippen molar-refractivity contribution in [2.45, 2.75) is 0 Å². The summed E-state index contributed by atoms with van der Waals surface area (Å²) in [5.41, 5.74) is 1.36. The Kier molecular flexibility index (Phi) is 3.74. The summed E-state index contributed by atoms with van der Waals surface area (Å²) in [7, 11) is 1.62. The van der Waals surface area contributed by atoms with Crippen LogP contribution in [0.25, 0.3) is 0 Å². The van der Waals surface area contributed by atoms with Crippen molar-refractivity contribution in [2.75, 3.05) is 11.9 Å². The highest BCUT2D eigenvalue weighted by Gasteiger charge is 2.15. The highest BCUT2D eigenvalue weighted by molar-refractivity contribution is 6.29. The second kappa shape index (κ2) is 5.46. The van der Waals surface area contributed by atoms with Crippen molar-refractivity contribution in [1.82, 2.24) is 9.97 Å². The van der Waals surface area contributed by atoms with Gasteiger partial charge in [-0.3, -0.25) is 9.78 Å². The Morgan fingerprint density at radius 1 is 1.32 bits per heavy atom. The molecule has 0 saturated carbocycles. The first kappa shape index (κ1) is 13.0. The molecule has 1 aromatic heterocycles. The Hall–Kier alpha value is -2.45. The fourth-order valence-corrected chi connectivity index (χ4v) is 1.64. The van der Waals surface area contributed by atoms with Gasteiger partial charge >= 0.3 is 0 Å². The SMILES string of the molecule is CN(C(=O)c1cncc(Cl)n1)c1ccc(C#N)cc1. The normalized spacial score (nSPS) is 9.74. The number of rotatable bonds is 2. The van der Waals surface area contributed by atoms with Crippen molar-refractivity contribution in [3.05, 3.63) is 53.1 Å². The summed E-state index contributed by atoms with van der Waals surface area (Å²) in [6.07, 6.45) is 2.72. The predicted octanol–water partition coefficient (Wildman–Crippen LogP) is 2.28. The van der Waals surface area contributed by atoms with Gasteiger partial charge in [-0.1, -0.05) is 11.6 Å². The van der Waals surface area contributed by atoms with Crippen LogP contribution in [0.4, 0.5) is 5.69 Å². The van der Waals surface area contributed by atoms with Gasteiger partial charge < -0.3 is 4.90 Å². The Morgan fingerprint density at radius 3 is 2.58 bits per heavy atom. The van der Waals surface area contributed by atoms with Crippen molar-refractivity contribution >= 4 is 23.2 Å². The molecule has 0 radical (unpaired) electrons. The quantitative estimate of drug-likeness (QED) is 0.841. The Labute approximate surface area is 115 Å². The van der Waals surface area contributed by atoms with Crippen LogP contribution in [-0.4, -0.2) is 22.9 Å². The lowest BCUT2D eigenvalue weighted by Gasteiger charge is -2.16. The van der Waals surface area contributed by atoms with E-state index >= 15 is 0 Å². The first-order valence-electron chi connectivity index (χ1n) is 5.37. The molecular weight excluding hydrogens is 264 g/mol. The third-order valence-electron chi connectivity index (χ3n) is 2.51. The lowest BCUT2D eigenvalue weighted by molar-refractivity contribution is 0.0988. The van der Waals surface area contributed by atoms with Crippen LogP contribution in [0, 0.1) is 11.3 Å². The lowest BCUT2D eigenvalue weighted by atomic mass is 10.2. The van der Waals surface area contributed by atoms with Crippen LogP contribution >= 0.6 is 11.6 Å². The minimum Gasteiger partial charge on any atom is -0.310 e. The Balaban J connectivity index is 2.26. The summed E-state index contributed by atoms with van der Waals surface area (Å²) < 4.78 is 0. The van der Waals surface area contributed by atoms with Crippen LogP contribution in [0.3, 0.4) is 0 Å². The molecule has 0 unspecified atom stereocenters. The molecule has 0 bridgehead atoms. The van der Waals surface area contributed by atoms with E-state index in [1.54, 1.807) is 31.3 Å². The maximum absolute atomic E-state index is 12.2. The molecule has 0 fully saturated rings. The molecule has 0 spiro atoms. The fraction of sp³-hybridized carbons (Fsp3) is 0.0769. The summed E-state index contributed by atoms with van der Waals surface area (Å²) in [4.78, 5) is 21.3. The van der Waals surface area contributed by atoms with E-state index in [-0.39, 0.29) is 16.8 Å². The van der Waals surface area contributed by atoms with Gasteiger partial charge in [0, 0.05) is 12.7 Å². The van der Waals surface area contributed by atoms with Gasteiger partial charge in [0.2, 0.25) is 0 Å². The summed E-state index contributed by atoms with van der Waals surface area (Å²) in [5, 5.41) is 8.89. The minimum atomic E-state index is -0.320. The first-order valence-corrected chi connectivity index (χ1v) is 5.75.